The van der Waals surface area contributed by atoms with Gasteiger partial charge in [-0.2, -0.15) is 0 Å². The maximum atomic E-state index is 13.5. The van der Waals surface area contributed by atoms with E-state index in [0.29, 0.717) is 41.3 Å². The number of carbonyl (C=O) groups excluding carboxylic acids is 1. The first kappa shape index (κ1) is 19.7. The maximum absolute atomic E-state index is 13.5. The van der Waals surface area contributed by atoms with E-state index in [9.17, 15) is 4.79 Å². The molecule has 8 nitrogen and oxygen atoms in total. The molecule has 1 saturated heterocycles. The van der Waals surface area contributed by atoms with Gasteiger partial charge >= 0.3 is 0 Å². The summed E-state index contributed by atoms with van der Waals surface area (Å²) in [5, 5.41) is 4.17. The third kappa shape index (κ3) is 3.63. The molecule has 2 fully saturated rings. The van der Waals surface area contributed by atoms with E-state index in [-0.39, 0.29) is 17.4 Å². The second kappa shape index (κ2) is 7.44. The zero-order valence-corrected chi connectivity index (χ0v) is 19.1. The fourth-order valence-electron chi connectivity index (χ4n) is 4.03. The van der Waals surface area contributed by atoms with Gasteiger partial charge in [-0.1, -0.05) is 0 Å². The van der Waals surface area contributed by atoms with E-state index in [1.807, 2.05) is 24.2 Å². The average Bonchev–Trinajstić information content (AvgIpc) is 3.36. The number of likely N-dealkylation sites (tertiary alicyclic amines) is 1. The predicted octanol–water partition coefficient (Wildman–Crippen LogP) is 3.91. The van der Waals surface area contributed by atoms with E-state index in [4.69, 9.17) is 4.42 Å². The quantitative estimate of drug-likeness (QED) is 0.524. The van der Waals surface area contributed by atoms with Crippen molar-refractivity contribution in [1.82, 2.24) is 24.8 Å². The molecule has 1 saturated carbocycles. The van der Waals surface area contributed by atoms with E-state index in [0.717, 1.165) is 35.1 Å². The van der Waals surface area contributed by atoms with Crippen molar-refractivity contribution in [3.63, 3.8) is 0 Å². The highest BCUT2D eigenvalue weighted by molar-refractivity contribution is 14.1. The van der Waals surface area contributed by atoms with Crippen LogP contribution in [0.25, 0.3) is 11.1 Å². The van der Waals surface area contributed by atoms with Gasteiger partial charge in [0.05, 0.1) is 10.9 Å². The maximum Gasteiger partial charge on any atom is 0.258 e. The first-order valence-corrected chi connectivity index (χ1v) is 11.3. The molecule has 1 amide bonds. The molecule has 0 unspecified atom stereocenters. The molecular formula is C21H23IN6O2. The van der Waals surface area contributed by atoms with Crippen LogP contribution < -0.4 is 5.32 Å². The molecule has 30 heavy (non-hydrogen) atoms. The number of carbonyl (C=O) groups is 1. The summed E-state index contributed by atoms with van der Waals surface area (Å²) in [4.78, 5) is 33.0. The molecule has 1 aliphatic carbocycles. The van der Waals surface area contributed by atoms with Crippen LogP contribution in [0.5, 0.6) is 0 Å². The van der Waals surface area contributed by atoms with Gasteiger partial charge in [-0.3, -0.25) is 4.79 Å². The molecule has 0 radical (unpaired) electrons. The van der Waals surface area contributed by atoms with Gasteiger partial charge in [0.2, 0.25) is 5.71 Å². The van der Waals surface area contributed by atoms with Crippen molar-refractivity contribution in [3.8, 4) is 0 Å². The van der Waals surface area contributed by atoms with Crippen molar-refractivity contribution in [3.05, 3.63) is 39.4 Å². The Hall–Kier alpha value is -2.30. The summed E-state index contributed by atoms with van der Waals surface area (Å²) >= 11 is 2.21. The smallest absolute Gasteiger partial charge is 0.258 e. The lowest BCUT2D eigenvalue weighted by Crippen LogP contribution is -2.38. The summed E-state index contributed by atoms with van der Waals surface area (Å²) in [5.41, 5.74) is 1.07. The third-order valence-corrected chi connectivity index (χ3v) is 6.64. The molecule has 3 aromatic heterocycles. The minimum Gasteiger partial charge on any atom is -0.442 e. The Balaban J connectivity index is 1.39. The minimum atomic E-state index is -0.0213. The van der Waals surface area contributed by atoms with Crippen LogP contribution in [0.15, 0.2) is 23.1 Å². The first-order chi connectivity index (χ1) is 14.4. The predicted molar refractivity (Wildman–Crippen MR) is 120 cm³/mol. The van der Waals surface area contributed by atoms with E-state index < -0.39 is 0 Å². The molecule has 5 rings (SSSR count). The SMILES string of the molecule is Cc1oc2ncnc(NC3(C)CC3)c2c1C(=O)N1CCC(c2ncc(I)cn2)CC1. The summed E-state index contributed by atoms with van der Waals surface area (Å²) in [7, 11) is 0. The van der Waals surface area contributed by atoms with E-state index in [1.165, 1.54) is 6.33 Å². The zero-order chi connectivity index (χ0) is 20.9. The number of halogens is 1. The summed E-state index contributed by atoms with van der Waals surface area (Å²) in [6.45, 7) is 5.31. The van der Waals surface area contributed by atoms with Gasteiger partial charge < -0.3 is 14.6 Å². The third-order valence-electron chi connectivity index (χ3n) is 6.09. The second-order valence-electron chi connectivity index (χ2n) is 8.45. The van der Waals surface area contributed by atoms with Gasteiger partial charge in [-0.15, -0.1) is 0 Å². The Morgan fingerprint density at radius 2 is 1.90 bits per heavy atom. The molecule has 2 aliphatic rings. The fraction of sp³-hybridized carbons (Fsp3) is 0.476. The number of nitrogens with one attached hydrogen (secondary N) is 1. The zero-order valence-electron chi connectivity index (χ0n) is 17.0. The van der Waals surface area contributed by atoms with Gasteiger partial charge in [-0.05, 0) is 62.1 Å². The first-order valence-electron chi connectivity index (χ1n) is 10.2. The van der Waals surface area contributed by atoms with Crippen molar-refractivity contribution >= 4 is 45.4 Å². The summed E-state index contributed by atoms with van der Waals surface area (Å²) in [6, 6.07) is 0. The fourth-order valence-corrected chi connectivity index (χ4v) is 4.31. The van der Waals surface area contributed by atoms with Crippen LogP contribution in [0.1, 0.15) is 60.5 Å². The van der Waals surface area contributed by atoms with Gasteiger partial charge in [0.25, 0.3) is 5.91 Å². The van der Waals surface area contributed by atoms with Crippen molar-refractivity contribution < 1.29 is 9.21 Å². The van der Waals surface area contributed by atoms with Crippen LogP contribution in [0.2, 0.25) is 0 Å². The number of nitrogens with zero attached hydrogens (tertiary/aromatic N) is 5. The highest BCUT2D eigenvalue weighted by Crippen LogP contribution is 2.40. The van der Waals surface area contributed by atoms with Gasteiger partial charge in [0.1, 0.15) is 23.7 Å². The number of hydrogen-bond donors (Lipinski definition) is 1. The molecular weight excluding hydrogens is 495 g/mol. The van der Waals surface area contributed by atoms with Gasteiger partial charge in [0.15, 0.2) is 0 Å². The average molecular weight is 518 g/mol. The molecule has 3 aromatic rings. The lowest BCUT2D eigenvalue weighted by molar-refractivity contribution is 0.0711. The number of aromatic nitrogens is 4. The molecule has 0 aromatic carbocycles. The minimum absolute atomic E-state index is 0.0213. The monoisotopic (exact) mass is 518 g/mol. The topological polar surface area (TPSA) is 97.0 Å². The van der Waals surface area contributed by atoms with E-state index in [2.05, 4.69) is 54.8 Å². The number of fused-ring (bicyclic) bond motifs is 1. The van der Waals surface area contributed by atoms with Crippen LogP contribution >= 0.6 is 22.6 Å². The van der Waals surface area contributed by atoms with Crippen molar-refractivity contribution in [1.29, 1.82) is 0 Å². The molecule has 1 aliphatic heterocycles. The Labute approximate surface area is 188 Å². The molecule has 0 spiro atoms. The normalized spacial score (nSPS) is 18.6. The highest BCUT2D eigenvalue weighted by Gasteiger charge is 2.39. The van der Waals surface area contributed by atoms with Crippen LogP contribution in [0.3, 0.4) is 0 Å². The molecule has 0 atom stereocenters. The molecule has 4 heterocycles. The number of rotatable bonds is 4. The van der Waals surface area contributed by atoms with Crippen LogP contribution in [-0.2, 0) is 0 Å². The molecule has 0 bridgehead atoms. The van der Waals surface area contributed by atoms with Crippen molar-refractivity contribution in [2.24, 2.45) is 0 Å². The number of furan rings is 1. The standard InChI is InChI=1S/C21H23IN6O2/c1-12-15(16-18(27-21(2)5-6-21)25-11-26-19(16)30-12)20(29)28-7-3-13(4-8-28)17-23-9-14(22)10-24-17/h9-11,13H,3-8H2,1-2H3,(H,25,26,27). The highest BCUT2D eigenvalue weighted by atomic mass is 127. The Morgan fingerprint density at radius 3 is 2.57 bits per heavy atom. The Morgan fingerprint density at radius 1 is 1.20 bits per heavy atom. The Kier molecular flexibility index (Phi) is 4.87. The number of hydrogen-bond acceptors (Lipinski definition) is 7. The molecule has 156 valence electrons. The molecule has 1 N–H and O–H groups in total. The number of anilines is 1. The summed E-state index contributed by atoms with van der Waals surface area (Å²) < 4.78 is 6.85. The van der Waals surface area contributed by atoms with E-state index >= 15 is 0 Å². The Bertz CT molecular complexity index is 1100. The number of piperidine rings is 1. The van der Waals surface area contributed by atoms with Gasteiger partial charge in [0, 0.05) is 40.5 Å². The van der Waals surface area contributed by atoms with E-state index in [1.54, 1.807) is 0 Å². The second-order valence-corrected chi connectivity index (χ2v) is 9.69. The number of aryl methyl sites for hydroxylation is 1. The number of amides is 1. The van der Waals surface area contributed by atoms with Crippen molar-refractivity contribution in [2.45, 2.75) is 51.0 Å². The largest absolute Gasteiger partial charge is 0.442 e. The van der Waals surface area contributed by atoms with Gasteiger partial charge in [-0.25, -0.2) is 19.9 Å². The van der Waals surface area contributed by atoms with Crippen LogP contribution in [0, 0.1) is 10.5 Å². The molecule has 9 heteroatoms. The summed E-state index contributed by atoms with van der Waals surface area (Å²) in [6.07, 6.45) is 9.05. The van der Waals surface area contributed by atoms with Crippen molar-refractivity contribution in [2.75, 3.05) is 18.4 Å². The van der Waals surface area contributed by atoms with Crippen LogP contribution in [0.4, 0.5) is 5.82 Å². The van der Waals surface area contributed by atoms with Crippen LogP contribution in [-0.4, -0.2) is 49.4 Å². The lowest BCUT2D eigenvalue weighted by atomic mass is 9.95. The lowest BCUT2D eigenvalue weighted by Gasteiger charge is -2.31. The summed E-state index contributed by atoms with van der Waals surface area (Å²) in [5.74, 6) is 2.39.